The van der Waals surface area contributed by atoms with Crippen LogP contribution in [0.3, 0.4) is 0 Å². The standard InChI is InChI=1S/C30H32F2N4O3/c31-22-14-12-21(13-15-22)29(30(39)34-24-7-2-1-3-8-24)36(25-18-16-23(32)17-19-25)28(38)11-6-10-27(37)35-26-9-4-5-20-33-26/h4-5,9,12-20,24,29H,1-3,6-8,10-11H2,(H,34,39)(H,33,35,37)/t29-/m1/s1. The Bertz CT molecular complexity index is 1250. The molecular formula is C30H32F2N4O3. The van der Waals surface area contributed by atoms with Crippen LogP contribution >= 0.6 is 0 Å². The highest BCUT2D eigenvalue weighted by molar-refractivity contribution is 6.01. The zero-order valence-corrected chi connectivity index (χ0v) is 21.6. The highest BCUT2D eigenvalue weighted by atomic mass is 19.1. The summed E-state index contributed by atoms with van der Waals surface area (Å²) in [6, 6.07) is 14.8. The van der Waals surface area contributed by atoms with E-state index in [-0.39, 0.29) is 37.1 Å². The van der Waals surface area contributed by atoms with Crippen LogP contribution < -0.4 is 15.5 Å². The fourth-order valence-corrected chi connectivity index (χ4v) is 4.79. The van der Waals surface area contributed by atoms with Crippen LogP contribution in [-0.4, -0.2) is 28.7 Å². The molecule has 1 aromatic heterocycles. The van der Waals surface area contributed by atoms with Crippen molar-refractivity contribution < 1.29 is 23.2 Å². The van der Waals surface area contributed by atoms with Crippen LogP contribution in [0.1, 0.15) is 63.0 Å². The number of pyridine rings is 1. The van der Waals surface area contributed by atoms with Crippen LogP contribution in [-0.2, 0) is 14.4 Å². The van der Waals surface area contributed by atoms with Crippen molar-refractivity contribution in [2.45, 2.75) is 63.5 Å². The predicted octanol–water partition coefficient (Wildman–Crippen LogP) is 5.69. The summed E-state index contributed by atoms with van der Waals surface area (Å²) in [6.07, 6.45) is 6.62. The Morgan fingerprint density at radius 2 is 1.54 bits per heavy atom. The van der Waals surface area contributed by atoms with Gasteiger partial charge in [-0.3, -0.25) is 19.3 Å². The molecule has 3 aromatic rings. The molecule has 0 bridgehead atoms. The quantitative estimate of drug-likeness (QED) is 0.350. The molecule has 3 amide bonds. The second-order valence-electron chi connectivity index (χ2n) is 9.65. The number of aromatic nitrogens is 1. The number of carbonyl (C=O) groups excluding carboxylic acids is 3. The third kappa shape index (κ3) is 7.92. The normalized spacial score (nSPS) is 14.3. The van der Waals surface area contributed by atoms with E-state index >= 15 is 0 Å². The lowest BCUT2D eigenvalue weighted by atomic mass is 9.94. The average molecular weight is 535 g/mol. The van der Waals surface area contributed by atoms with E-state index in [4.69, 9.17) is 0 Å². The van der Waals surface area contributed by atoms with E-state index in [2.05, 4.69) is 15.6 Å². The largest absolute Gasteiger partial charge is 0.351 e. The van der Waals surface area contributed by atoms with Crippen LogP contribution in [0.4, 0.5) is 20.3 Å². The van der Waals surface area contributed by atoms with Crippen molar-refractivity contribution >= 4 is 29.2 Å². The van der Waals surface area contributed by atoms with Gasteiger partial charge in [0.05, 0.1) is 0 Å². The molecule has 1 aliphatic carbocycles. The molecule has 1 saturated carbocycles. The molecule has 1 aliphatic rings. The van der Waals surface area contributed by atoms with Crippen molar-refractivity contribution in [3.63, 3.8) is 0 Å². The zero-order chi connectivity index (χ0) is 27.6. The topological polar surface area (TPSA) is 91.4 Å². The Kier molecular flexibility index (Phi) is 9.72. The van der Waals surface area contributed by atoms with Crippen molar-refractivity contribution in [1.29, 1.82) is 0 Å². The van der Waals surface area contributed by atoms with E-state index in [0.29, 0.717) is 17.1 Å². The van der Waals surface area contributed by atoms with Gasteiger partial charge in [0.25, 0.3) is 0 Å². The van der Waals surface area contributed by atoms with E-state index in [0.717, 1.165) is 32.1 Å². The number of nitrogens with one attached hydrogen (secondary N) is 2. The minimum Gasteiger partial charge on any atom is -0.351 e. The molecule has 2 aromatic carbocycles. The Balaban J connectivity index is 1.56. The van der Waals surface area contributed by atoms with E-state index in [1.54, 1.807) is 24.4 Å². The first kappa shape index (κ1) is 27.9. The van der Waals surface area contributed by atoms with Gasteiger partial charge in [0.2, 0.25) is 17.7 Å². The summed E-state index contributed by atoms with van der Waals surface area (Å²) < 4.78 is 27.6. The molecule has 9 heteroatoms. The Morgan fingerprint density at radius 1 is 0.872 bits per heavy atom. The van der Waals surface area contributed by atoms with Crippen molar-refractivity contribution in [1.82, 2.24) is 10.3 Å². The van der Waals surface area contributed by atoms with E-state index in [9.17, 15) is 23.2 Å². The monoisotopic (exact) mass is 534 g/mol. The average Bonchev–Trinajstić information content (AvgIpc) is 2.94. The van der Waals surface area contributed by atoms with E-state index in [1.807, 2.05) is 0 Å². The number of anilines is 2. The van der Waals surface area contributed by atoms with Crippen molar-refractivity contribution in [3.8, 4) is 0 Å². The third-order valence-corrected chi connectivity index (χ3v) is 6.74. The van der Waals surface area contributed by atoms with Gasteiger partial charge in [0.1, 0.15) is 23.5 Å². The predicted molar refractivity (Wildman–Crippen MR) is 145 cm³/mol. The molecular weight excluding hydrogens is 502 g/mol. The highest BCUT2D eigenvalue weighted by Crippen LogP contribution is 2.30. The Labute approximate surface area is 226 Å². The van der Waals surface area contributed by atoms with Gasteiger partial charge < -0.3 is 10.6 Å². The molecule has 0 spiro atoms. The third-order valence-electron chi connectivity index (χ3n) is 6.74. The summed E-state index contributed by atoms with van der Waals surface area (Å²) in [7, 11) is 0. The van der Waals surface area contributed by atoms with Crippen molar-refractivity contribution in [2.75, 3.05) is 10.2 Å². The summed E-state index contributed by atoms with van der Waals surface area (Å²) in [5.74, 6) is -1.64. The number of carbonyl (C=O) groups is 3. The fraction of sp³-hybridized carbons (Fsp3) is 0.333. The number of amides is 3. The summed E-state index contributed by atoms with van der Waals surface area (Å²) in [5.41, 5.74) is 0.753. The maximum Gasteiger partial charge on any atom is 0.248 e. The van der Waals surface area contributed by atoms with Crippen molar-refractivity contribution in [2.24, 2.45) is 0 Å². The van der Waals surface area contributed by atoms with Gasteiger partial charge >= 0.3 is 0 Å². The smallest absolute Gasteiger partial charge is 0.248 e. The number of hydrogen-bond donors (Lipinski definition) is 2. The van der Waals surface area contributed by atoms with Gasteiger partial charge in [-0.1, -0.05) is 37.5 Å². The molecule has 1 atom stereocenters. The Morgan fingerprint density at radius 3 is 2.18 bits per heavy atom. The van der Waals surface area contributed by atoms with Crippen LogP contribution in [0.5, 0.6) is 0 Å². The van der Waals surface area contributed by atoms with Crippen LogP contribution in [0.25, 0.3) is 0 Å². The highest BCUT2D eigenvalue weighted by Gasteiger charge is 2.34. The van der Waals surface area contributed by atoms with Gasteiger partial charge in [0.15, 0.2) is 0 Å². The van der Waals surface area contributed by atoms with Crippen LogP contribution in [0.15, 0.2) is 72.9 Å². The van der Waals surface area contributed by atoms with Gasteiger partial charge in [-0.25, -0.2) is 13.8 Å². The maximum absolute atomic E-state index is 13.8. The molecule has 0 radical (unpaired) electrons. The first-order valence-corrected chi connectivity index (χ1v) is 13.2. The molecule has 2 N–H and O–H groups in total. The van der Waals surface area contributed by atoms with Crippen LogP contribution in [0.2, 0.25) is 0 Å². The molecule has 0 saturated heterocycles. The second kappa shape index (κ2) is 13.6. The van der Waals surface area contributed by atoms with Crippen molar-refractivity contribution in [3.05, 3.63) is 90.1 Å². The van der Waals surface area contributed by atoms with Gasteiger partial charge in [-0.05, 0) is 73.4 Å². The zero-order valence-electron chi connectivity index (χ0n) is 21.6. The van der Waals surface area contributed by atoms with Gasteiger partial charge in [0, 0.05) is 30.8 Å². The molecule has 1 fully saturated rings. The second-order valence-corrected chi connectivity index (χ2v) is 9.65. The number of halogens is 2. The number of benzene rings is 2. The summed E-state index contributed by atoms with van der Waals surface area (Å²) in [4.78, 5) is 45.2. The lowest BCUT2D eigenvalue weighted by Gasteiger charge is -2.33. The summed E-state index contributed by atoms with van der Waals surface area (Å²) in [6.45, 7) is 0. The fourth-order valence-electron chi connectivity index (χ4n) is 4.79. The van der Waals surface area contributed by atoms with Gasteiger partial charge in [-0.2, -0.15) is 0 Å². The molecule has 1 heterocycles. The SMILES string of the molecule is O=C(CCCC(=O)N(c1ccc(F)cc1)[C@@H](C(=O)NC1CCCCC1)c1ccc(F)cc1)Nc1ccccn1. The number of rotatable bonds is 10. The van der Waals surface area contributed by atoms with Gasteiger partial charge in [-0.15, -0.1) is 0 Å². The molecule has 0 aliphatic heterocycles. The lowest BCUT2D eigenvalue weighted by molar-refractivity contribution is -0.127. The Hall–Kier alpha value is -4.14. The minimum atomic E-state index is -1.10. The minimum absolute atomic E-state index is 0.0188. The number of nitrogens with zero attached hydrogens (tertiary/aromatic N) is 2. The van der Waals surface area contributed by atoms with Crippen LogP contribution in [0, 0.1) is 11.6 Å². The summed E-state index contributed by atoms with van der Waals surface area (Å²) >= 11 is 0. The molecule has 39 heavy (non-hydrogen) atoms. The number of hydrogen-bond acceptors (Lipinski definition) is 4. The van der Waals surface area contributed by atoms with E-state index < -0.39 is 23.6 Å². The lowest BCUT2D eigenvalue weighted by Crippen LogP contribution is -2.47. The first-order valence-electron chi connectivity index (χ1n) is 13.2. The first-order chi connectivity index (χ1) is 18.9. The molecule has 4 rings (SSSR count). The molecule has 204 valence electrons. The maximum atomic E-state index is 13.8. The molecule has 0 unspecified atom stereocenters. The van der Waals surface area contributed by atoms with E-state index in [1.165, 1.54) is 53.4 Å². The molecule has 7 nitrogen and oxygen atoms in total. The summed E-state index contributed by atoms with van der Waals surface area (Å²) in [5, 5.41) is 5.76.